The van der Waals surface area contributed by atoms with Crippen LogP contribution in [0, 0.1) is 0 Å². The van der Waals surface area contributed by atoms with Crippen molar-refractivity contribution in [3.8, 4) is 11.5 Å². The standard InChI is InChI=1S/C18H24N2O/c1-13(19)11-15-3-7-17(8-4-15)21-18-9-5-16(6-10-18)12-14(2)20/h3-10,13-14H,11-12,19-20H2,1-2H3. The van der Waals surface area contributed by atoms with Gasteiger partial charge in [0.15, 0.2) is 0 Å². The van der Waals surface area contributed by atoms with Crippen molar-refractivity contribution in [2.45, 2.75) is 38.8 Å². The van der Waals surface area contributed by atoms with Crippen LogP contribution in [-0.2, 0) is 12.8 Å². The Balaban J connectivity index is 1.97. The summed E-state index contributed by atoms with van der Waals surface area (Å²) in [6.45, 7) is 4.02. The molecule has 112 valence electrons. The smallest absolute Gasteiger partial charge is 0.127 e. The molecule has 2 aromatic carbocycles. The monoisotopic (exact) mass is 284 g/mol. The van der Waals surface area contributed by atoms with E-state index in [1.54, 1.807) is 0 Å². The lowest BCUT2D eigenvalue weighted by atomic mass is 10.1. The summed E-state index contributed by atoms with van der Waals surface area (Å²) in [6, 6.07) is 16.5. The highest BCUT2D eigenvalue weighted by Crippen LogP contribution is 2.22. The van der Waals surface area contributed by atoms with Gasteiger partial charge >= 0.3 is 0 Å². The van der Waals surface area contributed by atoms with Crippen LogP contribution in [0.15, 0.2) is 48.5 Å². The molecule has 0 saturated heterocycles. The molecule has 2 atom stereocenters. The number of hydrogen-bond acceptors (Lipinski definition) is 3. The molecule has 0 saturated carbocycles. The predicted molar refractivity (Wildman–Crippen MR) is 87.7 cm³/mol. The van der Waals surface area contributed by atoms with E-state index in [4.69, 9.17) is 16.2 Å². The van der Waals surface area contributed by atoms with Crippen LogP contribution in [0.2, 0.25) is 0 Å². The average Bonchev–Trinajstić information content (AvgIpc) is 2.42. The van der Waals surface area contributed by atoms with Gasteiger partial charge in [-0.1, -0.05) is 24.3 Å². The molecule has 2 aromatic rings. The topological polar surface area (TPSA) is 61.3 Å². The van der Waals surface area contributed by atoms with Gasteiger partial charge in [-0.3, -0.25) is 0 Å². The van der Waals surface area contributed by atoms with Crippen molar-refractivity contribution >= 4 is 0 Å². The Labute approximate surface area is 126 Å². The largest absolute Gasteiger partial charge is 0.457 e. The maximum absolute atomic E-state index is 5.84. The summed E-state index contributed by atoms with van der Waals surface area (Å²) in [7, 11) is 0. The molecule has 0 amide bonds. The van der Waals surface area contributed by atoms with Gasteiger partial charge in [0.25, 0.3) is 0 Å². The van der Waals surface area contributed by atoms with Gasteiger partial charge in [-0.2, -0.15) is 0 Å². The highest BCUT2D eigenvalue weighted by molar-refractivity contribution is 5.35. The van der Waals surface area contributed by atoms with Crippen molar-refractivity contribution in [2.75, 3.05) is 0 Å². The molecule has 21 heavy (non-hydrogen) atoms. The summed E-state index contributed by atoms with van der Waals surface area (Å²) >= 11 is 0. The fourth-order valence-electron chi connectivity index (χ4n) is 2.27. The SMILES string of the molecule is CC(N)Cc1ccc(Oc2ccc(CC(C)N)cc2)cc1. The normalized spacial score (nSPS) is 13.7. The molecule has 4 N–H and O–H groups in total. The van der Waals surface area contributed by atoms with Crippen LogP contribution in [0.4, 0.5) is 0 Å². The van der Waals surface area contributed by atoms with Crippen LogP contribution < -0.4 is 16.2 Å². The second kappa shape index (κ2) is 7.25. The Bertz CT molecular complexity index is 493. The summed E-state index contributed by atoms with van der Waals surface area (Å²) in [4.78, 5) is 0. The molecular weight excluding hydrogens is 260 g/mol. The molecule has 0 fully saturated rings. The van der Waals surface area contributed by atoms with E-state index < -0.39 is 0 Å². The number of benzene rings is 2. The summed E-state index contributed by atoms with van der Waals surface area (Å²) < 4.78 is 5.84. The van der Waals surface area contributed by atoms with Crippen molar-refractivity contribution in [3.05, 3.63) is 59.7 Å². The van der Waals surface area contributed by atoms with E-state index in [1.165, 1.54) is 11.1 Å². The lowest BCUT2D eigenvalue weighted by Crippen LogP contribution is -2.17. The van der Waals surface area contributed by atoms with Crippen LogP contribution >= 0.6 is 0 Å². The molecule has 0 aliphatic rings. The molecule has 0 aliphatic carbocycles. The fourth-order valence-corrected chi connectivity index (χ4v) is 2.27. The van der Waals surface area contributed by atoms with Crippen molar-refractivity contribution in [1.82, 2.24) is 0 Å². The molecule has 3 heteroatoms. The van der Waals surface area contributed by atoms with E-state index in [9.17, 15) is 0 Å². The second-order valence-electron chi connectivity index (χ2n) is 5.75. The third-order valence-corrected chi connectivity index (χ3v) is 3.20. The van der Waals surface area contributed by atoms with Gasteiger partial charge in [0.1, 0.15) is 11.5 Å². The van der Waals surface area contributed by atoms with Crippen LogP contribution in [0.3, 0.4) is 0 Å². The van der Waals surface area contributed by atoms with Gasteiger partial charge in [0, 0.05) is 12.1 Å². The van der Waals surface area contributed by atoms with Crippen LogP contribution in [0.1, 0.15) is 25.0 Å². The maximum atomic E-state index is 5.84. The Morgan fingerprint density at radius 2 is 1.05 bits per heavy atom. The van der Waals surface area contributed by atoms with Crippen molar-refractivity contribution in [2.24, 2.45) is 11.5 Å². The van der Waals surface area contributed by atoms with E-state index in [0.29, 0.717) is 0 Å². The summed E-state index contributed by atoms with van der Waals surface area (Å²) in [6.07, 6.45) is 1.76. The van der Waals surface area contributed by atoms with Crippen LogP contribution in [0.5, 0.6) is 11.5 Å². The molecule has 0 bridgehead atoms. The first kappa shape index (κ1) is 15.5. The maximum Gasteiger partial charge on any atom is 0.127 e. The van der Waals surface area contributed by atoms with E-state index in [2.05, 4.69) is 24.3 Å². The Kier molecular flexibility index (Phi) is 5.37. The van der Waals surface area contributed by atoms with Gasteiger partial charge in [-0.15, -0.1) is 0 Å². The molecule has 0 aliphatic heterocycles. The van der Waals surface area contributed by atoms with Gasteiger partial charge in [0.05, 0.1) is 0 Å². The van der Waals surface area contributed by atoms with Gasteiger partial charge in [-0.05, 0) is 62.1 Å². The molecule has 2 unspecified atom stereocenters. The van der Waals surface area contributed by atoms with E-state index >= 15 is 0 Å². The zero-order valence-corrected chi connectivity index (χ0v) is 12.8. The first-order valence-corrected chi connectivity index (χ1v) is 7.40. The minimum Gasteiger partial charge on any atom is -0.457 e. The Hall–Kier alpha value is -1.84. The van der Waals surface area contributed by atoms with E-state index in [0.717, 1.165) is 24.3 Å². The summed E-state index contributed by atoms with van der Waals surface area (Å²) in [5.41, 5.74) is 14.0. The molecule has 0 aromatic heterocycles. The summed E-state index contributed by atoms with van der Waals surface area (Å²) in [5.74, 6) is 1.67. The number of ether oxygens (including phenoxy) is 1. The first-order chi connectivity index (χ1) is 10.0. The molecule has 0 heterocycles. The fraction of sp³-hybridized carbons (Fsp3) is 0.333. The first-order valence-electron chi connectivity index (χ1n) is 7.40. The molecule has 0 radical (unpaired) electrons. The molecule has 3 nitrogen and oxygen atoms in total. The van der Waals surface area contributed by atoms with E-state index in [1.807, 2.05) is 38.1 Å². The zero-order chi connectivity index (χ0) is 15.2. The average molecular weight is 284 g/mol. The highest BCUT2D eigenvalue weighted by atomic mass is 16.5. The number of hydrogen-bond donors (Lipinski definition) is 2. The van der Waals surface area contributed by atoms with Crippen LogP contribution in [-0.4, -0.2) is 12.1 Å². The lowest BCUT2D eigenvalue weighted by molar-refractivity contribution is 0.482. The van der Waals surface area contributed by atoms with E-state index in [-0.39, 0.29) is 12.1 Å². The highest BCUT2D eigenvalue weighted by Gasteiger charge is 2.02. The van der Waals surface area contributed by atoms with Crippen molar-refractivity contribution < 1.29 is 4.74 Å². The third kappa shape index (κ3) is 5.21. The minimum atomic E-state index is 0.175. The van der Waals surface area contributed by atoms with Gasteiger partial charge in [0.2, 0.25) is 0 Å². The number of rotatable bonds is 6. The minimum absolute atomic E-state index is 0.175. The molecule has 0 spiro atoms. The van der Waals surface area contributed by atoms with Gasteiger partial charge in [-0.25, -0.2) is 0 Å². The number of nitrogens with two attached hydrogens (primary N) is 2. The quantitative estimate of drug-likeness (QED) is 0.856. The Morgan fingerprint density at radius 3 is 1.33 bits per heavy atom. The van der Waals surface area contributed by atoms with Crippen LogP contribution in [0.25, 0.3) is 0 Å². The third-order valence-electron chi connectivity index (χ3n) is 3.20. The molecule has 2 rings (SSSR count). The van der Waals surface area contributed by atoms with Crippen molar-refractivity contribution in [1.29, 1.82) is 0 Å². The molecular formula is C18H24N2O. The summed E-state index contributed by atoms with van der Waals surface area (Å²) in [5, 5.41) is 0. The second-order valence-corrected chi connectivity index (χ2v) is 5.75. The Morgan fingerprint density at radius 1 is 0.714 bits per heavy atom. The predicted octanol–water partition coefficient (Wildman–Crippen LogP) is 3.26. The zero-order valence-electron chi connectivity index (χ0n) is 12.8. The van der Waals surface area contributed by atoms with Gasteiger partial charge < -0.3 is 16.2 Å². The van der Waals surface area contributed by atoms with Crippen molar-refractivity contribution in [3.63, 3.8) is 0 Å². The lowest BCUT2D eigenvalue weighted by Gasteiger charge is -2.09.